The van der Waals surface area contributed by atoms with E-state index in [-0.39, 0.29) is 124 Å². The molecule has 0 radical (unpaired) electrons. The predicted octanol–water partition coefficient (Wildman–Crippen LogP) is 4.86. The monoisotopic (exact) mass is 1190 g/mol. The van der Waals surface area contributed by atoms with Crippen LogP contribution in [0.3, 0.4) is 0 Å². The molecule has 0 aliphatic heterocycles. The van der Waals surface area contributed by atoms with Crippen LogP contribution in [0.4, 0.5) is 0 Å². The highest BCUT2D eigenvalue weighted by molar-refractivity contribution is 5.94. The molecular formula is C64H74O22. The van der Waals surface area contributed by atoms with E-state index in [4.69, 9.17) is 75.8 Å². The molecule has 4 rings (SSSR count). The maximum atomic E-state index is 13.6. The minimum atomic E-state index is -0.711. The summed E-state index contributed by atoms with van der Waals surface area (Å²) in [5, 5.41) is 0. The van der Waals surface area contributed by atoms with Crippen molar-refractivity contribution in [3.8, 4) is 35.5 Å². The molecule has 0 heterocycles. The molecule has 0 amide bonds. The number of hydrogen-bond acceptors (Lipinski definition) is 22. The van der Waals surface area contributed by atoms with Gasteiger partial charge in [0.05, 0.1) is 154 Å². The number of carbonyl (C=O) groups is 6. The Morgan fingerprint density at radius 2 is 0.453 bits per heavy atom. The van der Waals surface area contributed by atoms with Crippen LogP contribution in [0.1, 0.15) is 95.5 Å². The summed E-state index contributed by atoms with van der Waals surface area (Å²) >= 11 is 0. The normalized spacial score (nSPS) is 10.6. The molecule has 0 atom stereocenters. The smallest absolute Gasteiger partial charge is 0.338 e. The minimum Gasteiger partial charge on any atom is -0.460 e. The van der Waals surface area contributed by atoms with Crippen LogP contribution in [0.15, 0.2) is 72.8 Å². The van der Waals surface area contributed by atoms with Gasteiger partial charge in [0.1, 0.15) is 39.0 Å². The number of ether oxygens (including phenoxy) is 16. The maximum Gasteiger partial charge on any atom is 0.338 e. The molecule has 4 aromatic rings. The van der Waals surface area contributed by atoms with Crippen molar-refractivity contribution in [1.82, 2.24) is 0 Å². The van der Waals surface area contributed by atoms with E-state index in [2.05, 4.69) is 35.5 Å². The third kappa shape index (κ3) is 30.4. The largest absolute Gasteiger partial charge is 0.460 e. The van der Waals surface area contributed by atoms with Crippen molar-refractivity contribution >= 4 is 36.4 Å². The van der Waals surface area contributed by atoms with Gasteiger partial charge in [-0.05, 0) is 72.8 Å². The summed E-state index contributed by atoms with van der Waals surface area (Å²) in [6, 6.07) is 17.9. The van der Waals surface area contributed by atoms with Gasteiger partial charge in [-0.2, -0.15) is 0 Å². The Hall–Kier alpha value is -7.70. The fraction of sp³-hybridized carbons (Fsp3) is 0.438. The first-order chi connectivity index (χ1) is 42.1. The van der Waals surface area contributed by atoms with E-state index in [1.807, 2.05) is 0 Å². The van der Waals surface area contributed by atoms with E-state index in [1.165, 1.54) is 60.7 Å². The molecule has 86 heavy (non-hydrogen) atoms. The van der Waals surface area contributed by atoms with Gasteiger partial charge < -0.3 is 75.8 Å². The molecule has 0 aliphatic carbocycles. The number of methoxy groups -OCH3 is 4. The fourth-order valence-electron chi connectivity index (χ4n) is 7.00. The molecule has 0 bridgehead atoms. The van der Waals surface area contributed by atoms with Crippen LogP contribution in [0.25, 0.3) is 0 Å². The van der Waals surface area contributed by atoms with Crippen LogP contribution in [0.5, 0.6) is 0 Å². The summed E-state index contributed by atoms with van der Waals surface area (Å²) < 4.78 is 85.3. The van der Waals surface area contributed by atoms with Crippen molar-refractivity contribution < 1.29 is 105 Å². The SMILES string of the molecule is COCCOCCOCCOC(=O)c1cc(C#Cc2cc(C#Cc3cc(C=O)cc(C(=O)OCCOCCOCCOC)c3)cc(C(=O)OCCOCCOCCOC)c2)cc(C#Cc2cc(C=O)cc(C(=O)OCCOCCOCCOC)c2)c1. The molecule has 4 aromatic carbocycles. The van der Waals surface area contributed by atoms with Crippen LogP contribution >= 0.6 is 0 Å². The number of rotatable bonds is 42. The van der Waals surface area contributed by atoms with Gasteiger partial charge in [-0.15, -0.1) is 0 Å². The lowest BCUT2D eigenvalue weighted by Gasteiger charge is -2.08. The van der Waals surface area contributed by atoms with Crippen LogP contribution in [-0.4, -0.2) is 223 Å². The highest BCUT2D eigenvalue weighted by atomic mass is 16.6. The van der Waals surface area contributed by atoms with E-state index in [0.29, 0.717) is 114 Å². The van der Waals surface area contributed by atoms with Crippen molar-refractivity contribution in [3.63, 3.8) is 0 Å². The predicted molar refractivity (Wildman–Crippen MR) is 310 cm³/mol. The first-order valence-corrected chi connectivity index (χ1v) is 27.4. The Labute approximate surface area is 501 Å². The molecule has 0 fully saturated rings. The van der Waals surface area contributed by atoms with E-state index < -0.39 is 23.9 Å². The highest BCUT2D eigenvalue weighted by Crippen LogP contribution is 2.17. The number of hydrogen-bond donors (Lipinski definition) is 0. The van der Waals surface area contributed by atoms with Crippen LogP contribution in [0.2, 0.25) is 0 Å². The summed E-state index contributed by atoms with van der Waals surface area (Å²) in [5.41, 5.74) is 2.44. The van der Waals surface area contributed by atoms with E-state index in [0.717, 1.165) is 0 Å². The van der Waals surface area contributed by atoms with E-state index >= 15 is 0 Å². The van der Waals surface area contributed by atoms with Crippen molar-refractivity contribution in [2.45, 2.75) is 0 Å². The molecule has 0 saturated carbocycles. The lowest BCUT2D eigenvalue weighted by molar-refractivity contribution is 0.00552. The molecule has 0 N–H and O–H groups in total. The second-order valence-electron chi connectivity index (χ2n) is 17.7. The first kappa shape index (κ1) is 70.8. The summed E-state index contributed by atoms with van der Waals surface area (Å²) in [6.07, 6.45) is 1.15. The molecular weight excluding hydrogens is 1120 g/mol. The van der Waals surface area contributed by atoms with Crippen LogP contribution < -0.4 is 0 Å². The van der Waals surface area contributed by atoms with Crippen molar-refractivity contribution in [2.75, 3.05) is 187 Å². The van der Waals surface area contributed by atoms with Gasteiger partial charge in [0.15, 0.2) is 0 Å². The summed E-state index contributed by atoms with van der Waals surface area (Å²) in [7, 11) is 6.29. The van der Waals surface area contributed by atoms with Gasteiger partial charge >= 0.3 is 23.9 Å². The number of esters is 4. The summed E-state index contributed by atoms with van der Waals surface area (Å²) in [6.45, 7) is 5.98. The van der Waals surface area contributed by atoms with Crippen LogP contribution in [0, 0.1) is 35.5 Å². The Bertz CT molecular complexity index is 2730. The van der Waals surface area contributed by atoms with Gasteiger partial charge in [-0.3, -0.25) is 9.59 Å². The zero-order valence-corrected chi connectivity index (χ0v) is 49.0. The zero-order valence-electron chi connectivity index (χ0n) is 49.0. The maximum absolute atomic E-state index is 13.6. The Morgan fingerprint density at radius 1 is 0.267 bits per heavy atom. The van der Waals surface area contributed by atoms with Crippen LogP contribution in [-0.2, 0) is 75.8 Å². The zero-order chi connectivity index (χ0) is 61.7. The third-order valence-corrected chi connectivity index (χ3v) is 11.1. The molecule has 462 valence electrons. The second-order valence-corrected chi connectivity index (χ2v) is 17.7. The van der Waals surface area contributed by atoms with Gasteiger partial charge in [0.2, 0.25) is 0 Å². The lowest BCUT2D eigenvalue weighted by Crippen LogP contribution is -2.14. The Morgan fingerprint density at radius 3 is 0.663 bits per heavy atom. The molecule has 0 unspecified atom stereocenters. The van der Waals surface area contributed by atoms with Gasteiger partial charge in [0, 0.05) is 72.9 Å². The molecule has 22 nitrogen and oxygen atoms in total. The highest BCUT2D eigenvalue weighted by Gasteiger charge is 2.15. The Kier molecular flexibility index (Phi) is 36.8. The molecule has 0 aliphatic rings. The quantitative estimate of drug-likeness (QED) is 0.0189. The average Bonchev–Trinajstić information content (AvgIpc) is 3.47. The van der Waals surface area contributed by atoms with Crippen molar-refractivity contribution in [3.05, 3.63) is 140 Å². The average molecular weight is 1200 g/mol. The summed E-state index contributed by atoms with van der Waals surface area (Å²) in [5.74, 6) is 15.2. The van der Waals surface area contributed by atoms with Gasteiger partial charge in [0.25, 0.3) is 0 Å². The van der Waals surface area contributed by atoms with Crippen molar-refractivity contribution in [2.24, 2.45) is 0 Å². The Balaban J connectivity index is 1.65. The standard InChI is InChI=1S/C64H74O22/c1-71-11-15-75-19-23-79-27-31-83-61(67)57-39-49(35-51(41-57)7-9-53-37-55(47-65)45-59(43-53)63(69)85-33-29-81-25-21-77-17-13-73-3)5-6-50-36-52(42-58(40-50)62(68)84-32-28-80-24-20-76-16-12-72-2)8-10-54-38-56(48-66)46-60(44-54)64(70)86-34-30-82-26-22-78-18-14-74-4/h35-48H,11-34H2,1-4H3. The minimum absolute atomic E-state index is 0.0553. The molecule has 22 heteroatoms. The topological polar surface area (TPSA) is 250 Å². The molecule has 0 spiro atoms. The number of aldehydes is 2. The van der Waals surface area contributed by atoms with E-state index in [9.17, 15) is 28.8 Å². The first-order valence-electron chi connectivity index (χ1n) is 27.4. The number of benzene rings is 4. The van der Waals surface area contributed by atoms with Gasteiger partial charge in [-0.1, -0.05) is 35.5 Å². The molecule has 0 saturated heterocycles. The van der Waals surface area contributed by atoms with Gasteiger partial charge in [-0.25, -0.2) is 19.2 Å². The van der Waals surface area contributed by atoms with E-state index in [1.54, 1.807) is 40.6 Å². The number of carbonyl (C=O) groups excluding carboxylic acids is 6. The third-order valence-electron chi connectivity index (χ3n) is 11.1. The lowest BCUT2D eigenvalue weighted by atomic mass is 10.0. The second kappa shape index (κ2) is 44.7. The summed E-state index contributed by atoms with van der Waals surface area (Å²) in [4.78, 5) is 77.4. The molecule has 0 aromatic heterocycles. The fourth-order valence-corrected chi connectivity index (χ4v) is 7.00. The van der Waals surface area contributed by atoms with Crippen molar-refractivity contribution in [1.29, 1.82) is 0 Å².